The molecule has 0 bridgehead atoms. The Hall–Kier alpha value is -3.72. The van der Waals surface area contributed by atoms with E-state index in [0.717, 1.165) is 4.90 Å². The number of furan rings is 1. The van der Waals surface area contributed by atoms with Crippen LogP contribution in [0.3, 0.4) is 0 Å². The van der Waals surface area contributed by atoms with E-state index >= 15 is 0 Å². The minimum Gasteiger partial charge on any atom is -0.496 e. The molecule has 2 aromatic carbocycles. The van der Waals surface area contributed by atoms with Gasteiger partial charge in [0, 0.05) is 39.3 Å². The Morgan fingerprint density at radius 2 is 2.06 bits per heavy atom. The van der Waals surface area contributed by atoms with Gasteiger partial charge in [-0.15, -0.1) is 0 Å². The van der Waals surface area contributed by atoms with Crippen LogP contribution in [0.1, 0.15) is 31.3 Å². The Kier molecular flexibility index (Phi) is 4.80. The summed E-state index contributed by atoms with van der Waals surface area (Å²) in [5.41, 5.74) is -1.09. The van der Waals surface area contributed by atoms with Gasteiger partial charge in [0.25, 0.3) is 5.91 Å². The van der Waals surface area contributed by atoms with Gasteiger partial charge in [-0.05, 0) is 31.2 Å². The fourth-order valence-corrected chi connectivity index (χ4v) is 4.00. The molecule has 0 spiro atoms. The molecule has 35 heavy (non-hydrogen) atoms. The second-order valence-corrected chi connectivity index (χ2v) is 8.51. The SMILES string of the molecule is [2H]C([2H])([2H])N(C(=O)CN1C(=O)c2oc3ccc(Cl)cc3c2OCC1(C)C(=O)NCc1ccccc1OC)C([2H])([2H])[2H]. The number of benzene rings is 2. The van der Waals surface area contributed by atoms with Gasteiger partial charge < -0.3 is 29.0 Å². The molecule has 0 saturated heterocycles. The van der Waals surface area contributed by atoms with E-state index in [9.17, 15) is 14.4 Å². The summed E-state index contributed by atoms with van der Waals surface area (Å²) in [5.74, 6) is -3.12. The summed E-state index contributed by atoms with van der Waals surface area (Å²) >= 11 is 6.12. The summed E-state index contributed by atoms with van der Waals surface area (Å²) in [5, 5.41) is 3.35. The number of ether oxygens (including phenoxy) is 2. The average Bonchev–Trinajstić information content (AvgIpc) is 3.20. The zero-order valence-electron chi connectivity index (χ0n) is 24.9. The van der Waals surface area contributed by atoms with E-state index in [-0.39, 0.29) is 28.5 Å². The first-order valence-electron chi connectivity index (χ1n) is 13.5. The van der Waals surface area contributed by atoms with Crippen molar-refractivity contribution in [1.29, 1.82) is 0 Å². The Morgan fingerprint density at radius 3 is 2.80 bits per heavy atom. The van der Waals surface area contributed by atoms with Crippen molar-refractivity contribution in [3.63, 3.8) is 0 Å². The van der Waals surface area contributed by atoms with Crippen LogP contribution in [-0.4, -0.2) is 67.3 Å². The number of nitrogens with zero attached hydrogens (tertiary/aromatic N) is 2. The molecule has 1 atom stereocenters. The fourth-order valence-electron chi connectivity index (χ4n) is 3.82. The molecule has 2 heterocycles. The Bertz CT molecular complexity index is 1490. The van der Waals surface area contributed by atoms with Crippen molar-refractivity contribution in [3.05, 3.63) is 58.8 Å². The van der Waals surface area contributed by atoms with Gasteiger partial charge in [0.05, 0.1) is 12.5 Å². The third kappa shape index (κ3) is 4.51. The van der Waals surface area contributed by atoms with Gasteiger partial charge in [-0.2, -0.15) is 0 Å². The number of likely N-dealkylation sites (N-methyl/N-ethyl adjacent to an activating group) is 1. The molecule has 10 heteroatoms. The van der Waals surface area contributed by atoms with Gasteiger partial charge in [0.2, 0.25) is 17.6 Å². The highest BCUT2D eigenvalue weighted by Crippen LogP contribution is 2.39. The number of nitrogens with one attached hydrogen (secondary N) is 1. The van der Waals surface area contributed by atoms with E-state index in [1.165, 1.54) is 32.2 Å². The van der Waals surface area contributed by atoms with Gasteiger partial charge in [0.1, 0.15) is 24.5 Å². The van der Waals surface area contributed by atoms with Gasteiger partial charge in [-0.3, -0.25) is 14.4 Å². The van der Waals surface area contributed by atoms with Gasteiger partial charge >= 0.3 is 0 Å². The average molecular weight is 506 g/mol. The lowest BCUT2D eigenvalue weighted by Gasteiger charge is -2.37. The van der Waals surface area contributed by atoms with Crippen LogP contribution in [0.5, 0.6) is 11.5 Å². The van der Waals surface area contributed by atoms with Gasteiger partial charge in [-0.1, -0.05) is 29.8 Å². The van der Waals surface area contributed by atoms with Gasteiger partial charge in [0.15, 0.2) is 11.3 Å². The Balaban J connectivity index is 1.76. The topological polar surface area (TPSA) is 101 Å². The lowest BCUT2D eigenvalue weighted by Crippen LogP contribution is -2.62. The normalized spacial score (nSPS) is 20.7. The largest absolute Gasteiger partial charge is 0.496 e. The molecule has 3 aromatic rings. The van der Waals surface area contributed by atoms with E-state index in [1.54, 1.807) is 24.3 Å². The fraction of sp³-hybridized carbons (Fsp3) is 0.320. The molecular formula is C25H26ClN3O6. The van der Waals surface area contributed by atoms with Crippen molar-refractivity contribution < 1.29 is 36.5 Å². The zero-order chi connectivity index (χ0) is 30.3. The number of halogens is 1. The highest BCUT2D eigenvalue weighted by atomic mass is 35.5. The molecule has 184 valence electrons. The number of carbonyl (C=O) groups excluding carboxylic acids is 3. The minimum absolute atomic E-state index is 0.0327. The van der Waals surface area contributed by atoms with Crippen molar-refractivity contribution in [2.24, 2.45) is 0 Å². The predicted octanol–water partition coefficient (Wildman–Crippen LogP) is 3.09. The molecule has 4 rings (SSSR count). The minimum atomic E-state index is -3.36. The van der Waals surface area contributed by atoms with Crippen LogP contribution in [0.15, 0.2) is 46.9 Å². The van der Waals surface area contributed by atoms with Crippen LogP contribution < -0.4 is 14.8 Å². The van der Waals surface area contributed by atoms with E-state index in [2.05, 4.69) is 5.32 Å². The maximum absolute atomic E-state index is 13.9. The highest BCUT2D eigenvalue weighted by molar-refractivity contribution is 6.31. The molecule has 1 N–H and O–H groups in total. The van der Waals surface area contributed by atoms with Crippen LogP contribution in [0, 0.1) is 0 Å². The van der Waals surface area contributed by atoms with Crippen molar-refractivity contribution in [2.45, 2.75) is 19.0 Å². The molecule has 0 fully saturated rings. The maximum Gasteiger partial charge on any atom is 0.295 e. The maximum atomic E-state index is 13.9. The molecule has 0 radical (unpaired) electrons. The summed E-state index contributed by atoms with van der Waals surface area (Å²) in [4.78, 5) is 41.3. The standard InChI is InChI=1S/C25H26ClN3O6/c1-25(24(32)27-12-15-7-5-6-8-18(15)33-4)14-34-21-17-11-16(26)9-10-19(17)35-22(21)23(31)29(25)13-20(30)28(2)3/h5-11H,12-14H2,1-4H3,(H,27,32)/i2D3,3D3. The quantitative estimate of drug-likeness (QED) is 0.552. The molecule has 1 aliphatic rings. The van der Waals surface area contributed by atoms with E-state index in [1.807, 2.05) is 0 Å². The first-order valence-corrected chi connectivity index (χ1v) is 10.9. The molecule has 0 aliphatic carbocycles. The smallest absolute Gasteiger partial charge is 0.295 e. The van der Waals surface area contributed by atoms with Crippen LogP contribution in [-0.2, 0) is 16.1 Å². The van der Waals surface area contributed by atoms with E-state index in [4.69, 9.17) is 33.7 Å². The van der Waals surface area contributed by atoms with E-state index in [0.29, 0.717) is 21.7 Å². The first kappa shape index (κ1) is 17.7. The number of carbonyl (C=O) groups is 3. The van der Waals surface area contributed by atoms with Crippen molar-refractivity contribution in [3.8, 4) is 11.5 Å². The van der Waals surface area contributed by atoms with Crippen molar-refractivity contribution >= 4 is 40.3 Å². The second kappa shape index (κ2) is 9.50. The number of methoxy groups -OCH3 is 1. The third-order valence-corrected chi connectivity index (χ3v) is 6.04. The molecule has 0 saturated carbocycles. The first-order chi connectivity index (χ1) is 19.1. The number of fused-ring (bicyclic) bond motifs is 3. The monoisotopic (exact) mass is 505 g/mol. The number of rotatable bonds is 6. The lowest BCUT2D eigenvalue weighted by molar-refractivity contribution is -0.137. The Morgan fingerprint density at radius 1 is 1.29 bits per heavy atom. The zero-order valence-corrected chi connectivity index (χ0v) is 19.6. The van der Waals surface area contributed by atoms with E-state index < -0.39 is 50.4 Å². The van der Waals surface area contributed by atoms with Crippen molar-refractivity contribution in [1.82, 2.24) is 15.1 Å². The van der Waals surface area contributed by atoms with Crippen LogP contribution in [0.4, 0.5) is 0 Å². The van der Waals surface area contributed by atoms with Gasteiger partial charge in [-0.25, -0.2) is 0 Å². The summed E-state index contributed by atoms with van der Waals surface area (Å²) < 4.78 is 62.6. The lowest BCUT2D eigenvalue weighted by atomic mass is 9.98. The summed E-state index contributed by atoms with van der Waals surface area (Å²) in [6.07, 6.45) is 0. The number of hydrogen-bond acceptors (Lipinski definition) is 6. The molecule has 9 nitrogen and oxygen atoms in total. The summed E-state index contributed by atoms with van der Waals surface area (Å²) in [6.45, 7) is -7.04. The Labute approximate surface area is 215 Å². The molecule has 1 aliphatic heterocycles. The van der Waals surface area contributed by atoms with Crippen LogP contribution in [0.2, 0.25) is 5.02 Å². The predicted molar refractivity (Wildman–Crippen MR) is 130 cm³/mol. The molecule has 3 amide bonds. The summed E-state index contributed by atoms with van der Waals surface area (Å²) in [7, 11) is 1.46. The number of amides is 3. The van der Waals surface area contributed by atoms with Crippen LogP contribution >= 0.6 is 11.6 Å². The molecular weight excluding hydrogens is 474 g/mol. The highest BCUT2D eigenvalue weighted by Gasteiger charge is 2.48. The number of para-hydroxylation sites is 1. The third-order valence-electron chi connectivity index (χ3n) is 5.80. The molecule has 1 unspecified atom stereocenters. The summed E-state index contributed by atoms with van der Waals surface area (Å²) in [6, 6.07) is 11.4. The van der Waals surface area contributed by atoms with Crippen molar-refractivity contribution in [2.75, 3.05) is 34.2 Å². The number of hydrogen-bond donors (Lipinski definition) is 1. The molecule has 1 aromatic heterocycles. The second-order valence-electron chi connectivity index (χ2n) is 8.08. The van der Waals surface area contributed by atoms with Crippen LogP contribution in [0.25, 0.3) is 11.0 Å².